The number of hydrogen-bond acceptors (Lipinski definition) is 2. The molecule has 94 valence electrons. The monoisotopic (exact) mass is 252 g/mol. The maximum atomic E-state index is 9.33. The zero-order valence-electron chi connectivity index (χ0n) is 10.5. The van der Waals surface area contributed by atoms with E-state index < -0.39 is 0 Å². The van der Waals surface area contributed by atoms with Crippen LogP contribution in [0.1, 0.15) is 20.8 Å². The Bertz CT molecular complexity index is 359. The molecule has 0 spiro atoms. The van der Waals surface area contributed by atoms with E-state index in [0.717, 1.165) is 5.69 Å². The van der Waals surface area contributed by atoms with E-state index in [1.165, 1.54) is 0 Å². The van der Waals surface area contributed by atoms with Gasteiger partial charge >= 0.3 is 0 Å². The van der Waals surface area contributed by atoms with Gasteiger partial charge in [-0.2, -0.15) is 0 Å². The minimum absolute atomic E-state index is 0.0445. The number of hydrogen-bond donors (Lipinski definition) is 3. The molecule has 17 heavy (non-hydrogen) atoms. The number of aliphatic hydroxyl groups excluding tert-OH is 1. The van der Waals surface area contributed by atoms with Gasteiger partial charge in [0.05, 0.1) is 12.6 Å². The SMILES string of the molecule is CC(C)(C)[C@@H](CO)NC(=S)Nc1ccccc1. The molecule has 3 N–H and O–H groups in total. The van der Waals surface area contributed by atoms with Gasteiger partial charge in [-0.1, -0.05) is 39.0 Å². The van der Waals surface area contributed by atoms with Crippen molar-refractivity contribution < 1.29 is 5.11 Å². The second-order valence-corrected chi connectivity index (χ2v) is 5.47. The summed E-state index contributed by atoms with van der Waals surface area (Å²) in [5, 5.41) is 16.1. The van der Waals surface area contributed by atoms with Gasteiger partial charge in [-0.3, -0.25) is 0 Å². The van der Waals surface area contributed by atoms with Crippen LogP contribution < -0.4 is 10.6 Å². The van der Waals surface area contributed by atoms with Crippen molar-refractivity contribution >= 4 is 23.0 Å². The Labute approximate surface area is 108 Å². The second kappa shape index (κ2) is 5.98. The number of para-hydroxylation sites is 1. The third-order valence-electron chi connectivity index (χ3n) is 2.56. The van der Waals surface area contributed by atoms with Crippen LogP contribution in [0, 0.1) is 5.41 Å². The fourth-order valence-electron chi connectivity index (χ4n) is 1.38. The summed E-state index contributed by atoms with van der Waals surface area (Å²) in [5.41, 5.74) is 0.896. The summed E-state index contributed by atoms with van der Waals surface area (Å²) >= 11 is 5.21. The Morgan fingerprint density at radius 1 is 1.29 bits per heavy atom. The standard InChI is InChI=1S/C13H20N2OS/c1-13(2,3)11(9-16)15-12(17)14-10-7-5-4-6-8-10/h4-8,11,16H,9H2,1-3H3,(H2,14,15,17)/t11-/m1/s1. The highest BCUT2D eigenvalue weighted by atomic mass is 32.1. The van der Waals surface area contributed by atoms with Gasteiger partial charge in [0.2, 0.25) is 0 Å². The number of anilines is 1. The predicted molar refractivity (Wildman–Crippen MR) is 76.1 cm³/mol. The van der Waals surface area contributed by atoms with Gasteiger partial charge in [0.1, 0.15) is 0 Å². The van der Waals surface area contributed by atoms with Crippen molar-refractivity contribution in [2.75, 3.05) is 11.9 Å². The first-order valence-electron chi connectivity index (χ1n) is 5.67. The molecule has 0 aliphatic rings. The topological polar surface area (TPSA) is 44.3 Å². The molecule has 1 atom stereocenters. The van der Waals surface area contributed by atoms with Crippen LogP contribution in [-0.4, -0.2) is 22.9 Å². The van der Waals surface area contributed by atoms with Gasteiger partial charge < -0.3 is 15.7 Å². The fourth-order valence-corrected chi connectivity index (χ4v) is 1.64. The van der Waals surface area contributed by atoms with Gasteiger partial charge in [0.15, 0.2) is 5.11 Å². The molecule has 3 nitrogen and oxygen atoms in total. The lowest BCUT2D eigenvalue weighted by Crippen LogP contribution is -2.47. The quantitative estimate of drug-likeness (QED) is 0.723. The highest BCUT2D eigenvalue weighted by Crippen LogP contribution is 2.18. The average Bonchev–Trinajstić information content (AvgIpc) is 2.25. The first-order chi connectivity index (χ1) is 7.93. The van der Waals surface area contributed by atoms with Crippen LogP contribution in [0.25, 0.3) is 0 Å². The van der Waals surface area contributed by atoms with Crippen LogP contribution in [0.2, 0.25) is 0 Å². The molecule has 4 heteroatoms. The number of aliphatic hydroxyl groups is 1. The first-order valence-corrected chi connectivity index (χ1v) is 6.07. The van der Waals surface area contributed by atoms with E-state index in [9.17, 15) is 5.11 Å². The largest absolute Gasteiger partial charge is 0.394 e. The molecule has 0 saturated heterocycles. The molecule has 1 aromatic carbocycles. The van der Waals surface area contributed by atoms with Crippen molar-refractivity contribution in [3.05, 3.63) is 30.3 Å². The van der Waals surface area contributed by atoms with E-state index in [2.05, 4.69) is 31.4 Å². The van der Waals surface area contributed by atoms with E-state index in [1.54, 1.807) is 0 Å². The maximum absolute atomic E-state index is 9.33. The van der Waals surface area contributed by atoms with Crippen molar-refractivity contribution in [3.8, 4) is 0 Å². The smallest absolute Gasteiger partial charge is 0.171 e. The average molecular weight is 252 g/mol. The number of nitrogens with one attached hydrogen (secondary N) is 2. The van der Waals surface area contributed by atoms with Crippen molar-refractivity contribution in [2.24, 2.45) is 5.41 Å². The van der Waals surface area contributed by atoms with Crippen molar-refractivity contribution in [1.82, 2.24) is 5.32 Å². The van der Waals surface area contributed by atoms with E-state index in [-0.39, 0.29) is 18.1 Å². The summed E-state index contributed by atoms with van der Waals surface area (Å²) in [4.78, 5) is 0. The Morgan fingerprint density at radius 2 is 1.88 bits per heavy atom. The summed E-state index contributed by atoms with van der Waals surface area (Å²) in [5.74, 6) is 0. The van der Waals surface area contributed by atoms with Crippen LogP contribution in [0.4, 0.5) is 5.69 Å². The number of thiocarbonyl (C=S) groups is 1. The van der Waals surface area contributed by atoms with Crippen LogP contribution >= 0.6 is 12.2 Å². The van der Waals surface area contributed by atoms with Crippen molar-refractivity contribution in [2.45, 2.75) is 26.8 Å². The van der Waals surface area contributed by atoms with E-state index in [1.807, 2.05) is 30.3 Å². The van der Waals surface area contributed by atoms with Gasteiger partial charge in [0.25, 0.3) is 0 Å². The molecule has 1 aromatic rings. The minimum atomic E-state index is -0.0637. The zero-order valence-corrected chi connectivity index (χ0v) is 11.3. The Kier molecular flexibility index (Phi) is 4.90. The van der Waals surface area contributed by atoms with Gasteiger partial charge in [0, 0.05) is 5.69 Å². The van der Waals surface area contributed by atoms with E-state index >= 15 is 0 Å². The summed E-state index contributed by atoms with van der Waals surface area (Å²) in [6.07, 6.45) is 0. The molecular weight excluding hydrogens is 232 g/mol. The van der Waals surface area contributed by atoms with Gasteiger partial charge in [-0.25, -0.2) is 0 Å². The Hall–Kier alpha value is -1.13. The first kappa shape index (κ1) is 13.9. The van der Waals surface area contributed by atoms with Gasteiger partial charge in [-0.15, -0.1) is 0 Å². The summed E-state index contributed by atoms with van der Waals surface area (Å²) in [6, 6.07) is 9.66. The molecule has 0 heterocycles. The molecule has 0 aliphatic carbocycles. The summed E-state index contributed by atoms with van der Waals surface area (Å²) in [7, 11) is 0. The fraction of sp³-hybridized carbons (Fsp3) is 0.462. The molecule has 0 saturated carbocycles. The summed E-state index contributed by atoms with van der Waals surface area (Å²) < 4.78 is 0. The maximum Gasteiger partial charge on any atom is 0.171 e. The lowest BCUT2D eigenvalue weighted by atomic mass is 9.87. The zero-order chi connectivity index (χ0) is 12.9. The molecule has 1 rings (SSSR count). The van der Waals surface area contributed by atoms with E-state index in [0.29, 0.717) is 5.11 Å². The van der Waals surface area contributed by atoms with Crippen molar-refractivity contribution in [1.29, 1.82) is 0 Å². The molecule has 0 aliphatic heterocycles. The molecule has 0 aromatic heterocycles. The Balaban J connectivity index is 2.55. The molecule has 0 fully saturated rings. The van der Waals surface area contributed by atoms with Crippen LogP contribution in [0.3, 0.4) is 0 Å². The predicted octanol–water partition coefficient (Wildman–Crippen LogP) is 2.38. The molecule has 0 amide bonds. The molecule has 0 radical (unpaired) electrons. The molecule has 0 unspecified atom stereocenters. The van der Waals surface area contributed by atoms with Crippen LogP contribution in [0.15, 0.2) is 30.3 Å². The second-order valence-electron chi connectivity index (χ2n) is 5.07. The minimum Gasteiger partial charge on any atom is -0.394 e. The third-order valence-corrected chi connectivity index (χ3v) is 2.78. The lowest BCUT2D eigenvalue weighted by molar-refractivity contribution is 0.175. The molecular formula is C13H20N2OS. The van der Waals surface area contributed by atoms with Crippen molar-refractivity contribution in [3.63, 3.8) is 0 Å². The number of benzene rings is 1. The lowest BCUT2D eigenvalue weighted by Gasteiger charge is -2.30. The normalized spacial score (nSPS) is 12.9. The highest BCUT2D eigenvalue weighted by Gasteiger charge is 2.24. The van der Waals surface area contributed by atoms with Crippen LogP contribution in [0.5, 0.6) is 0 Å². The highest BCUT2D eigenvalue weighted by molar-refractivity contribution is 7.80. The number of rotatable bonds is 3. The Morgan fingerprint density at radius 3 is 2.35 bits per heavy atom. The molecule has 0 bridgehead atoms. The summed E-state index contributed by atoms with van der Waals surface area (Å²) in [6.45, 7) is 6.24. The van der Waals surface area contributed by atoms with E-state index in [4.69, 9.17) is 12.2 Å². The van der Waals surface area contributed by atoms with Gasteiger partial charge in [-0.05, 0) is 29.8 Å². The third kappa shape index (κ3) is 4.71. The van der Waals surface area contributed by atoms with Crippen LogP contribution in [-0.2, 0) is 0 Å².